The average Bonchev–Trinajstić information content (AvgIpc) is 2.35. The molecule has 1 amide bonds. The first-order chi connectivity index (χ1) is 8.61. The number of hydrogen-bond acceptors (Lipinski definition) is 2. The molecule has 0 fully saturated rings. The van der Waals surface area contributed by atoms with E-state index < -0.39 is 0 Å². The Hall–Kier alpha value is -1.77. The van der Waals surface area contributed by atoms with Crippen LogP contribution in [0.3, 0.4) is 0 Å². The minimum atomic E-state index is -0.363. The van der Waals surface area contributed by atoms with Crippen molar-refractivity contribution in [2.75, 3.05) is 6.54 Å². The number of ether oxygens (including phenoxy) is 1. The molecular formula is C15H21NO2. The molecule has 1 N–H and O–H groups in total. The zero-order valence-corrected chi connectivity index (χ0v) is 11.3. The Labute approximate surface area is 109 Å². The van der Waals surface area contributed by atoms with E-state index in [0.29, 0.717) is 6.54 Å². The van der Waals surface area contributed by atoms with Crippen LogP contribution < -0.4 is 5.32 Å². The lowest BCUT2D eigenvalue weighted by atomic mass is 10.1. The Bertz CT molecular complexity index is 395. The van der Waals surface area contributed by atoms with Gasteiger partial charge in [0.05, 0.1) is 0 Å². The van der Waals surface area contributed by atoms with E-state index in [0.717, 1.165) is 12.0 Å². The molecule has 0 aromatic heterocycles. The summed E-state index contributed by atoms with van der Waals surface area (Å²) in [5, 5.41) is 2.67. The van der Waals surface area contributed by atoms with Crippen molar-refractivity contribution >= 4 is 12.2 Å². The second kappa shape index (κ2) is 7.54. The van der Waals surface area contributed by atoms with Crippen LogP contribution in [0.1, 0.15) is 31.4 Å². The van der Waals surface area contributed by atoms with Gasteiger partial charge in [0.2, 0.25) is 0 Å². The van der Waals surface area contributed by atoms with Crippen molar-refractivity contribution < 1.29 is 9.53 Å². The molecule has 3 heteroatoms. The highest BCUT2D eigenvalue weighted by Gasteiger charge is 2.04. The van der Waals surface area contributed by atoms with Crippen molar-refractivity contribution in [1.29, 1.82) is 0 Å². The Kier molecular flexibility index (Phi) is 5.98. The van der Waals surface area contributed by atoms with Crippen molar-refractivity contribution in [3.63, 3.8) is 0 Å². The topological polar surface area (TPSA) is 38.3 Å². The van der Waals surface area contributed by atoms with Crippen LogP contribution in [0.5, 0.6) is 0 Å². The van der Waals surface area contributed by atoms with Crippen LogP contribution in [0.15, 0.2) is 30.3 Å². The van der Waals surface area contributed by atoms with Crippen molar-refractivity contribution in [2.24, 2.45) is 0 Å². The highest BCUT2D eigenvalue weighted by Crippen LogP contribution is 2.06. The number of benzene rings is 1. The van der Waals surface area contributed by atoms with Gasteiger partial charge in [0.1, 0.15) is 6.10 Å². The number of hydrogen-bond donors (Lipinski definition) is 1. The van der Waals surface area contributed by atoms with Gasteiger partial charge < -0.3 is 10.1 Å². The number of carbonyl (C=O) groups is 1. The summed E-state index contributed by atoms with van der Waals surface area (Å²) >= 11 is 0. The quantitative estimate of drug-likeness (QED) is 0.864. The van der Waals surface area contributed by atoms with E-state index in [4.69, 9.17) is 4.74 Å². The molecule has 1 unspecified atom stereocenters. The normalized spacial score (nSPS) is 12.4. The zero-order valence-electron chi connectivity index (χ0n) is 11.3. The number of aryl methyl sites for hydroxylation is 1. The smallest absolute Gasteiger partial charge is 0.407 e. The maximum Gasteiger partial charge on any atom is 0.407 e. The third-order valence-electron chi connectivity index (χ3n) is 2.45. The summed E-state index contributed by atoms with van der Waals surface area (Å²) in [6, 6.07) is 8.18. The van der Waals surface area contributed by atoms with Gasteiger partial charge in [-0.2, -0.15) is 0 Å². The predicted molar refractivity (Wildman–Crippen MR) is 74.4 cm³/mol. The Morgan fingerprint density at radius 1 is 1.39 bits per heavy atom. The monoisotopic (exact) mass is 247 g/mol. The molecule has 0 spiro atoms. The molecule has 0 bridgehead atoms. The lowest BCUT2D eigenvalue weighted by Crippen LogP contribution is -2.27. The summed E-state index contributed by atoms with van der Waals surface area (Å²) in [5.74, 6) is 0. The molecule has 3 nitrogen and oxygen atoms in total. The fraction of sp³-hybridized carbons (Fsp3) is 0.400. The maximum atomic E-state index is 11.3. The minimum Gasteiger partial charge on any atom is -0.442 e. The molecule has 98 valence electrons. The Morgan fingerprint density at radius 2 is 2.06 bits per heavy atom. The summed E-state index contributed by atoms with van der Waals surface area (Å²) in [6.07, 6.45) is 4.14. The molecule has 0 aliphatic heterocycles. The molecule has 1 aromatic carbocycles. The van der Waals surface area contributed by atoms with Gasteiger partial charge in [0, 0.05) is 6.54 Å². The lowest BCUT2D eigenvalue weighted by molar-refractivity contribution is 0.127. The van der Waals surface area contributed by atoms with E-state index in [1.165, 1.54) is 5.56 Å². The van der Waals surface area contributed by atoms with Gasteiger partial charge in [-0.15, -0.1) is 0 Å². The first-order valence-electron chi connectivity index (χ1n) is 6.31. The average molecular weight is 247 g/mol. The highest BCUT2D eigenvalue weighted by atomic mass is 16.6. The number of amides is 1. The van der Waals surface area contributed by atoms with E-state index in [1.807, 2.05) is 38.1 Å². The maximum absolute atomic E-state index is 11.3. The van der Waals surface area contributed by atoms with Crippen LogP contribution in [0.2, 0.25) is 0 Å². The molecule has 0 aliphatic carbocycles. The Balaban J connectivity index is 2.41. The molecule has 0 heterocycles. The van der Waals surface area contributed by atoms with Gasteiger partial charge in [-0.3, -0.25) is 0 Å². The first kappa shape index (κ1) is 14.3. The summed E-state index contributed by atoms with van der Waals surface area (Å²) in [7, 11) is 0. The van der Waals surface area contributed by atoms with E-state index in [1.54, 1.807) is 0 Å². The van der Waals surface area contributed by atoms with E-state index >= 15 is 0 Å². The van der Waals surface area contributed by atoms with Crippen LogP contribution in [0.25, 0.3) is 6.08 Å². The summed E-state index contributed by atoms with van der Waals surface area (Å²) in [6.45, 7) is 6.54. The van der Waals surface area contributed by atoms with Gasteiger partial charge in [0.15, 0.2) is 0 Å². The van der Waals surface area contributed by atoms with E-state index in [9.17, 15) is 4.79 Å². The van der Waals surface area contributed by atoms with Crippen LogP contribution >= 0.6 is 0 Å². The fourth-order valence-electron chi connectivity index (χ4n) is 1.40. The van der Waals surface area contributed by atoms with Crippen molar-refractivity contribution in [2.45, 2.75) is 33.3 Å². The van der Waals surface area contributed by atoms with Gasteiger partial charge in [-0.05, 0) is 31.9 Å². The molecule has 1 aromatic rings. The molecule has 0 saturated carbocycles. The molecular weight excluding hydrogens is 226 g/mol. The van der Waals surface area contributed by atoms with Gasteiger partial charge in [-0.25, -0.2) is 4.79 Å². The van der Waals surface area contributed by atoms with Crippen LogP contribution in [0, 0.1) is 6.92 Å². The lowest BCUT2D eigenvalue weighted by Gasteiger charge is -2.09. The number of rotatable bonds is 5. The molecule has 0 saturated heterocycles. The number of nitrogens with one attached hydrogen (secondary N) is 1. The van der Waals surface area contributed by atoms with Gasteiger partial charge in [-0.1, -0.05) is 42.8 Å². The minimum absolute atomic E-state index is 0.233. The number of alkyl carbamates (subject to hydrolysis) is 1. The molecule has 1 rings (SSSR count). The predicted octanol–water partition coefficient (Wildman–Crippen LogP) is 3.53. The second-order valence-electron chi connectivity index (χ2n) is 4.31. The number of carbonyl (C=O) groups excluding carboxylic acids is 1. The van der Waals surface area contributed by atoms with E-state index in [-0.39, 0.29) is 12.2 Å². The zero-order chi connectivity index (χ0) is 13.4. The largest absolute Gasteiger partial charge is 0.442 e. The van der Waals surface area contributed by atoms with Gasteiger partial charge in [0.25, 0.3) is 0 Å². The third kappa shape index (κ3) is 5.53. The van der Waals surface area contributed by atoms with Crippen molar-refractivity contribution in [3.8, 4) is 0 Å². The fourth-order valence-corrected chi connectivity index (χ4v) is 1.40. The third-order valence-corrected chi connectivity index (χ3v) is 2.45. The molecule has 0 aliphatic rings. The summed E-state index contributed by atoms with van der Waals surface area (Å²) in [4.78, 5) is 11.3. The highest BCUT2D eigenvalue weighted by molar-refractivity contribution is 5.67. The standard InChI is InChI=1S/C15H21NO2/c1-4-11-16-15(17)18-13(3)7-10-14-8-5-12(2)6-9-14/h5-10,13H,4,11H2,1-3H3,(H,16,17)/b10-7+. The van der Waals surface area contributed by atoms with Gasteiger partial charge >= 0.3 is 6.09 Å². The van der Waals surface area contributed by atoms with Crippen LogP contribution in [-0.2, 0) is 4.74 Å². The van der Waals surface area contributed by atoms with Crippen molar-refractivity contribution in [1.82, 2.24) is 5.32 Å². The Morgan fingerprint density at radius 3 is 2.67 bits per heavy atom. The second-order valence-corrected chi connectivity index (χ2v) is 4.31. The molecule has 0 radical (unpaired) electrons. The van der Waals surface area contributed by atoms with Crippen LogP contribution in [0.4, 0.5) is 4.79 Å². The van der Waals surface area contributed by atoms with Crippen LogP contribution in [-0.4, -0.2) is 18.7 Å². The molecule has 1 atom stereocenters. The van der Waals surface area contributed by atoms with E-state index in [2.05, 4.69) is 24.4 Å². The summed E-state index contributed by atoms with van der Waals surface area (Å²) in [5.41, 5.74) is 2.33. The summed E-state index contributed by atoms with van der Waals surface area (Å²) < 4.78 is 5.16. The SMILES string of the molecule is CCCNC(=O)OC(C)/C=C/c1ccc(C)cc1. The first-order valence-corrected chi connectivity index (χ1v) is 6.31. The van der Waals surface area contributed by atoms with Crippen molar-refractivity contribution in [3.05, 3.63) is 41.5 Å². The molecule has 18 heavy (non-hydrogen) atoms.